The average molecular weight is 241 g/mol. The Morgan fingerprint density at radius 3 is 2.82 bits per heavy atom. The summed E-state index contributed by atoms with van der Waals surface area (Å²) in [6.45, 7) is 7.38. The summed E-state index contributed by atoms with van der Waals surface area (Å²) in [5.74, 6) is 0. The topological polar surface area (TPSA) is 69.8 Å². The van der Waals surface area contributed by atoms with Crippen LogP contribution in [0.1, 0.15) is 19.3 Å². The number of urea groups is 1. The molecule has 1 rings (SSSR count). The molecular formula is C12H23N3O2. The van der Waals surface area contributed by atoms with Crippen LogP contribution >= 0.6 is 0 Å². The Kier molecular flexibility index (Phi) is 6.00. The molecule has 1 aliphatic heterocycles. The van der Waals surface area contributed by atoms with Gasteiger partial charge in [0, 0.05) is 26.2 Å². The fourth-order valence-corrected chi connectivity index (χ4v) is 2.07. The molecule has 5 nitrogen and oxygen atoms in total. The number of amides is 2. The zero-order valence-electron chi connectivity index (χ0n) is 10.3. The third-order valence-corrected chi connectivity index (χ3v) is 3.07. The predicted molar refractivity (Wildman–Crippen MR) is 67.7 cm³/mol. The van der Waals surface area contributed by atoms with E-state index in [0.29, 0.717) is 19.6 Å². The Morgan fingerprint density at radius 2 is 2.18 bits per heavy atom. The Morgan fingerprint density at radius 1 is 1.41 bits per heavy atom. The fraction of sp³-hybridized carbons (Fsp3) is 0.750. The fourth-order valence-electron chi connectivity index (χ4n) is 2.07. The zero-order valence-corrected chi connectivity index (χ0v) is 10.3. The van der Waals surface area contributed by atoms with Gasteiger partial charge in [0.05, 0.1) is 6.10 Å². The SMILES string of the molecule is C=CCCC(O)CN1CCCN(C(N)=O)CC1. The van der Waals surface area contributed by atoms with Gasteiger partial charge < -0.3 is 15.7 Å². The lowest BCUT2D eigenvalue weighted by Crippen LogP contribution is -2.39. The van der Waals surface area contributed by atoms with Crippen molar-refractivity contribution in [2.75, 3.05) is 32.7 Å². The summed E-state index contributed by atoms with van der Waals surface area (Å²) in [5, 5.41) is 9.80. The molecule has 3 N–H and O–H groups in total. The van der Waals surface area contributed by atoms with Crippen molar-refractivity contribution >= 4 is 6.03 Å². The van der Waals surface area contributed by atoms with E-state index in [1.54, 1.807) is 4.90 Å². The molecule has 1 heterocycles. The van der Waals surface area contributed by atoms with Gasteiger partial charge in [-0.2, -0.15) is 0 Å². The van der Waals surface area contributed by atoms with Crippen molar-refractivity contribution in [3.63, 3.8) is 0 Å². The van der Waals surface area contributed by atoms with Crippen molar-refractivity contribution in [3.8, 4) is 0 Å². The summed E-state index contributed by atoms with van der Waals surface area (Å²) < 4.78 is 0. The third-order valence-electron chi connectivity index (χ3n) is 3.07. The highest BCUT2D eigenvalue weighted by Crippen LogP contribution is 2.06. The maximum atomic E-state index is 11.0. The molecule has 1 saturated heterocycles. The van der Waals surface area contributed by atoms with Gasteiger partial charge in [0.2, 0.25) is 0 Å². The van der Waals surface area contributed by atoms with Crippen LogP contribution in [0, 0.1) is 0 Å². The van der Waals surface area contributed by atoms with Crippen LogP contribution in [0.25, 0.3) is 0 Å². The number of rotatable bonds is 5. The lowest BCUT2D eigenvalue weighted by atomic mass is 10.2. The number of primary amides is 1. The molecule has 17 heavy (non-hydrogen) atoms. The molecule has 1 aliphatic rings. The third kappa shape index (κ3) is 5.19. The second kappa shape index (κ2) is 7.29. The van der Waals surface area contributed by atoms with Gasteiger partial charge in [-0.05, 0) is 25.8 Å². The number of carbonyl (C=O) groups is 1. The summed E-state index contributed by atoms with van der Waals surface area (Å²) in [4.78, 5) is 14.9. The molecule has 0 aromatic rings. The Hall–Kier alpha value is -1.07. The molecule has 1 fully saturated rings. The first-order valence-electron chi connectivity index (χ1n) is 6.19. The molecule has 1 atom stereocenters. The molecule has 0 aromatic carbocycles. The van der Waals surface area contributed by atoms with Crippen molar-refractivity contribution in [1.82, 2.24) is 9.80 Å². The summed E-state index contributed by atoms with van der Waals surface area (Å²) in [5.41, 5.74) is 5.26. The molecule has 0 aromatic heterocycles. The number of nitrogens with zero attached hydrogens (tertiary/aromatic N) is 2. The molecule has 1 unspecified atom stereocenters. The lowest BCUT2D eigenvalue weighted by Gasteiger charge is -2.23. The Balaban J connectivity index is 2.30. The Labute approximate surface area is 103 Å². The minimum Gasteiger partial charge on any atom is -0.392 e. The van der Waals surface area contributed by atoms with Crippen molar-refractivity contribution in [2.24, 2.45) is 5.73 Å². The summed E-state index contributed by atoms with van der Waals surface area (Å²) in [6.07, 6.45) is 4.01. The average Bonchev–Trinajstić information content (AvgIpc) is 2.52. The smallest absolute Gasteiger partial charge is 0.314 e. The van der Waals surface area contributed by atoms with Crippen molar-refractivity contribution in [3.05, 3.63) is 12.7 Å². The monoisotopic (exact) mass is 241 g/mol. The second-order valence-electron chi connectivity index (χ2n) is 4.50. The van der Waals surface area contributed by atoms with Crippen LogP contribution in [0.5, 0.6) is 0 Å². The molecule has 0 aliphatic carbocycles. The van der Waals surface area contributed by atoms with Gasteiger partial charge >= 0.3 is 6.03 Å². The van der Waals surface area contributed by atoms with Crippen LogP contribution in [0.4, 0.5) is 4.79 Å². The highest BCUT2D eigenvalue weighted by molar-refractivity contribution is 5.71. The number of aliphatic hydroxyl groups is 1. The number of carbonyl (C=O) groups excluding carboxylic acids is 1. The largest absolute Gasteiger partial charge is 0.392 e. The van der Waals surface area contributed by atoms with Crippen LogP contribution in [0.3, 0.4) is 0 Å². The number of hydrogen-bond acceptors (Lipinski definition) is 3. The van der Waals surface area contributed by atoms with Gasteiger partial charge in [-0.25, -0.2) is 4.79 Å². The highest BCUT2D eigenvalue weighted by Gasteiger charge is 2.18. The Bertz CT molecular complexity index is 258. The van der Waals surface area contributed by atoms with Gasteiger partial charge in [0.25, 0.3) is 0 Å². The molecule has 98 valence electrons. The summed E-state index contributed by atoms with van der Waals surface area (Å²) in [6, 6.07) is -0.348. The van der Waals surface area contributed by atoms with Crippen molar-refractivity contribution < 1.29 is 9.90 Å². The van der Waals surface area contributed by atoms with E-state index in [4.69, 9.17) is 5.73 Å². The number of allylic oxidation sites excluding steroid dienone is 1. The predicted octanol–water partition coefficient (Wildman–Crippen LogP) is 0.400. The van der Waals surface area contributed by atoms with Gasteiger partial charge in [0.15, 0.2) is 0 Å². The number of nitrogens with two attached hydrogens (primary N) is 1. The van der Waals surface area contributed by atoms with E-state index in [1.807, 2.05) is 6.08 Å². The molecule has 0 saturated carbocycles. The van der Waals surface area contributed by atoms with E-state index in [1.165, 1.54) is 0 Å². The van der Waals surface area contributed by atoms with Gasteiger partial charge in [-0.1, -0.05) is 6.08 Å². The van der Waals surface area contributed by atoms with Crippen molar-refractivity contribution in [1.29, 1.82) is 0 Å². The lowest BCUT2D eigenvalue weighted by molar-refractivity contribution is 0.108. The first-order valence-corrected chi connectivity index (χ1v) is 6.19. The maximum Gasteiger partial charge on any atom is 0.314 e. The standard InChI is InChI=1S/C12H23N3O2/c1-2-3-5-11(16)10-14-6-4-7-15(9-8-14)12(13)17/h2,11,16H,1,3-10H2,(H2,13,17). The normalized spacial score (nSPS) is 19.7. The highest BCUT2D eigenvalue weighted by atomic mass is 16.3. The van der Waals surface area contributed by atoms with Crippen LogP contribution in [0.15, 0.2) is 12.7 Å². The van der Waals surface area contributed by atoms with Crippen LogP contribution in [-0.2, 0) is 0 Å². The first kappa shape index (κ1) is 14.0. The van der Waals surface area contributed by atoms with Crippen LogP contribution in [0.2, 0.25) is 0 Å². The van der Waals surface area contributed by atoms with Gasteiger partial charge in [0.1, 0.15) is 0 Å². The van der Waals surface area contributed by atoms with E-state index in [2.05, 4.69) is 11.5 Å². The van der Waals surface area contributed by atoms with E-state index in [-0.39, 0.29) is 12.1 Å². The molecule has 5 heteroatoms. The summed E-state index contributed by atoms with van der Waals surface area (Å²) >= 11 is 0. The zero-order chi connectivity index (χ0) is 12.7. The van der Waals surface area contributed by atoms with E-state index >= 15 is 0 Å². The molecule has 0 spiro atoms. The molecular weight excluding hydrogens is 218 g/mol. The van der Waals surface area contributed by atoms with E-state index < -0.39 is 0 Å². The van der Waals surface area contributed by atoms with Crippen LogP contribution < -0.4 is 5.73 Å². The van der Waals surface area contributed by atoms with Crippen LogP contribution in [-0.4, -0.2) is 59.8 Å². The van der Waals surface area contributed by atoms with E-state index in [0.717, 1.165) is 32.4 Å². The second-order valence-corrected chi connectivity index (χ2v) is 4.50. The van der Waals surface area contributed by atoms with Gasteiger partial charge in [-0.15, -0.1) is 6.58 Å². The van der Waals surface area contributed by atoms with E-state index in [9.17, 15) is 9.90 Å². The minimum atomic E-state index is -0.348. The number of β-amino-alcohol motifs (C(OH)–C–C–N with tert-alkyl or cyclic N) is 1. The van der Waals surface area contributed by atoms with Crippen molar-refractivity contribution in [2.45, 2.75) is 25.4 Å². The quantitative estimate of drug-likeness (QED) is 0.685. The van der Waals surface area contributed by atoms with Gasteiger partial charge in [-0.3, -0.25) is 4.90 Å². The minimum absolute atomic E-state index is 0.312. The number of aliphatic hydroxyl groups excluding tert-OH is 1. The first-order chi connectivity index (χ1) is 8.13. The molecule has 0 radical (unpaired) electrons. The molecule has 0 bridgehead atoms. The maximum absolute atomic E-state index is 11.0. The number of hydrogen-bond donors (Lipinski definition) is 2. The summed E-state index contributed by atoms with van der Waals surface area (Å²) in [7, 11) is 0. The molecule has 2 amide bonds.